The molecule has 0 heterocycles. The number of phenols is 1. The molecule has 0 saturated carbocycles. The van der Waals surface area contributed by atoms with Crippen LogP contribution in [0.1, 0.15) is 10.4 Å². The molecule has 0 aromatic heterocycles. The van der Waals surface area contributed by atoms with Gasteiger partial charge < -0.3 is 10.4 Å². The van der Waals surface area contributed by atoms with Gasteiger partial charge in [0.1, 0.15) is 5.75 Å². The van der Waals surface area contributed by atoms with E-state index in [4.69, 9.17) is 11.6 Å². The Kier molecular flexibility index (Phi) is 4.08. The molecule has 0 fully saturated rings. The van der Waals surface area contributed by atoms with E-state index in [9.17, 15) is 9.90 Å². The lowest BCUT2D eigenvalue weighted by Gasteiger charge is -2.07. The highest BCUT2D eigenvalue weighted by Crippen LogP contribution is 2.22. The van der Waals surface area contributed by atoms with Crippen molar-refractivity contribution in [3.05, 3.63) is 56.6 Å². The molecule has 0 unspecified atom stereocenters. The van der Waals surface area contributed by atoms with Crippen LogP contribution < -0.4 is 5.32 Å². The first-order valence-corrected chi connectivity index (χ1v) is 6.57. The topological polar surface area (TPSA) is 49.3 Å². The number of amides is 1. The molecule has 3 nitrogen and oxygen atoms in total. The van der Waals surface area contributed by atoms with Crippen molar-refractivity contribution < 1.29 is 9.90 Å². The van der Waals surface area contributed by atoms with Crippen molar-refractivity contribution in [2.45, 2.75) is 0 Å². The monoisotopic (exact) mass is 373 g/mol. The minimum absolute atomic E-state index is 0.0463. The van der Waals surface area contributed by atoms with Crippen LogP contribution >= 0.6 is 34.2 Å². The highest BCUT2D eigenvalue weighted by molar-refractivity contribution is 14.1. The second-order valence-corrected chi connectivity index (χ2v) is 5.31. The van der Waals surface area contributed by atoms with E-state index in [1.807, 2.05) is 0 Å². The van der Waals surface area contributed by atoms with Crippen LogP contribution in [0.15, 0.2) is 42.5 Å². The zero-order valence-corrected chi connectivity index (χ0v) is 12.1. The smallest absolute Gasteiger partial charge is 0.259 e. The largest absolute Gasteiger partial charge is 0.507 e. The Morgan fingerprint density at radius 2 is 2.00 bits per heavy atom. The standard InChI is InChI=1S/C13H9ClINO2/c14-8-2-1-3-10(6-8)16-13(18)11-7-9(15)4-5-12(11)17/h1-7,17H,(H,16,18). The molecule has 0 aliphatic rings. The Hall–Kier alpha value is -1.27. The van der Waals surface area contributed by atoms with Gasteiger partial charge in [-0.05, 0) is 59.0 Å². The molecular weight excluding hydrogens is 365 g/mol. The number of aromatic hydroxyl groups is 1. The maximum absolute atomic E-state index is 12.0. The fourth-order valence-electron chi connectivity index (χ4n) is 1.45. The number of nitrogens with one attached hydrogen (secondary N) is 1. The predicted molar refractivity (Wildman–Crippen MR) is 80.2 cm³/mol. The highest BCUT2D eigenvalue weighted by atomic mass is 127. The van der Waals surface area contributed by atoms with Crippen LogP contribution in [0.4, 0.5) is 5.69 Å². The van der Waals surface area contributed by atoms with Gasteiger partial charge in [0.15, 0.2) is 0 Å². The summed E-state index contributed by atoms with van der Waals surface area (Å²) in [5, 5.41) is 12.9. The molecule has 1 amide bonds. The Balaban J connectivity index is 2.24. The minimum Gasteiger partial charge on any atom is -0.507 e. The van der Waals surface area contributed by atoms with E-state index < -0.39 is 0 Å². The zero-order chi connectivity index (χ0) is 13.1. The zero-order valence-electron chi connectivity index (χ0n) is 9.15. The number of hydrogen-bond donors (Lipinski definition) is 2. The molecule has 0 spiro atoms. The number of halogens is 2. The summed E-state index contributed by atoms with van der Waals surface area (Å²) in [6, 6.07) is 11.7. The van der Waals surface area contributed by atoms with Crippen molar-refractivity contribution in [3.8, 4) is 5.75 Å². The lowest BCUT2D eigenvalue weighted by molar-refractivity contribution is 0.102. The molecule has 0 bridgehead atoms. The van der Waals surface area contributed by atoms with Crippen LogP contribution in [0.2, 0.25) is 5.02 Å². The molecule has 5 heteroatoms. The fraction of sp³-hybridized carbons (Fsp3) is 0. The molecule has 2 aromatic carbocycles. The van der Waals surface area contributed by atoms with E-state index in [0.717, 1.165) is 3.57 Å². The van der Waals surface area contributed by atoms with Gasteiger partial charge in [-0.2, -0.15) is 0 Å². The van der Waals surface area contributed by atoms with Gasteiger partial charge in [-0.3, -0.25) is 4.79 Å². The summed E-state index contributed by atoms with van der Waals surface area (Å²) in [5.74, 6) is -0.414. The van der Waals surface area contributed by atoms with Gasteiger partial charge >= 0.3 is 0 Å². The first-order valence-electron chi connectivity index (χ1n) is 5.12. The molecule has 2 N–H and O–H groups in total. The number of benzene rings is 2. The van der Waals surface area contributed by atoms with Gasteiger partial charge in [0.2, 0.25) is 0 Å². The van der Waals surface area contributed by atoms with E-state index >= 15 is 0 Å². The Bertz CT molecular complexity index is 601. The number of anilines is 1. The van der Waals surface area contributed by atoms with Crippen LogP contribution in [-0.4, -0.2) is 11.0 Å². The number of phenolic OH excluding ortho intramolecular Hbond substituents is 1. The van der Waals surface area contributed by atoms with E-state index in [0.29, 0.717) is 10.7 Å². The van der Waals surface area contributed by atoms with Gasteiger partial charge in [-0.1, -0.05) is 17.7 Å². The molecule has 0 radical (unpaired) electrons. The van der Waals surface area contributed by atoms with E-state index in [2.05, 4.69) is 27.9 Å². The summed E-state index contributed by atoms with van der Waals surface area (Å²) in [4.78, 5) is 12.0. The fourth-order valence-corrected chi connectivity index (χ4v) is 2.14. The number of carbonyl (C=O) groups excluding carboxylic acids is 1. The third kappa shape index (κ3) is 3.14. The second kappa shape index (κ2) is 5.58. The summed E-state index contributed by atoms with van der Waals surface area (Å²) in [7, 11) is 0. The molecule has 0 aliphatic carbocycles. The molecule has 0 atom stereocenters. The number of rotatable bonds is 2. The summed E-state index contributed by atoms with van der Waals surface area (Å²) < 4.78 is 0.877. The maximum Gasteiger partial charge on any atom is 0.259 e. The third-order valence-electron chi connectivity index (χ3n) is 2.29. The first kappa shape index (κ1) is 13.2. The Morgan fingerprint density at radius 1 is 1.22 bits per heavy atom. The normalized spacial score (nSPS) is 10.1. The predicted octanol–water partition coefficient (Wildman–Crippen LogP) is 3.90. The van der Waals surface area contributed by atoms with E-state index in [1.165, 1.54) is 6.07 Å². The second-order valence-electron chi connectivity index (χ2n) is 3.63. The van der Waals surface area contributed by atoms with Crippen molar-refractivity contribution in [3.63, 3.8) is 0 Å². The quantitative estimate of drug-likeness (QED) is 0.784. The minimum atomic E-state index is -0.367. The Morgan fingerprint density at radius 3 is 2.72 bits per heavy atom. The summed E-state index contributed by atoms with van der Waals surface area (Å²) in [5.41, 5.74) is 0.827. The van der Waals surface area contributed by atoms with Crippen LogP contribution in [-0.2, 0) is 0 Å². The van der Waals surface area contributed by atoms with Gasteiger partial charge in [0, 0.05) is 14.3 Å². The molecule has 2 aromatic rings. The van der Waals surface area contributed by atoms with Crippen molar-refractivity contribution in [2.24, 2.45) is 0 Å². The van der Waals surface area contributed by atoms with Gasteiger partial charge in [0.25, 0.3) is 5.91 Å². The van der Waals surface area contributed by atoms with Crippen LogP contribution in [0.5, 0.6) is 5.75 Å². The SMILES string of the molecule is O=C(Nc1cccc(Cl)c1)c1cc(I)ccc1O. The number of hydrogen-bond acceptors (Lipinski definition) is 2. The lowest BCUT2D eigenvalue weighted by Crippen LogP contribution is -2.12. The van der Waals surface area contributed by atoms with Crippen molar-refractivity contribution in [1.29, 1.82) is 0 Å². The Labute approximate surface area is 123 Å². The molecule has 0 saturated heterocycles. The highest BCUT2D eigenvalue weighted by Gasteiger charge is 2.11. The first-order chi connectivity index (χ1) is 8.56. The van der Waals surface area contributed by atoms with E-state index in [-0.39, 0.29) is 17.2 Å². The van der Waals surface area contributed by atoms with E-state index in [1.54, 1.807) is 36.4 Å². The summed E-state index contributed by atoms with van der Waals surface area (Å²) in [6.45, 7) is 0. The molecule has 2 rings (SSSR count). The summed E-state index contributed by atoms with van der Waals surface area (Å²) in [6.07, 6.45) is 0. The maximum atomic E-state index is 12.0. The third-order valence-corrected chi connectivity index (χ3v) is 3.19. The van der Waals surface area contributed by atoms with Gasteiger partial charge in [-0.25, -0.2) is 0 Å². The van der Waals surface area contributed by atoms with Crippen LogP contribution in [0.3, 0.4) is 0 Å². The summed E-state index contributed by atoms with van der Waals surface area (Å²) >= 11 is 7.91. The molecule has 92 valence electrons. The average molecular weight is 374 g/mol. The van der Waals surface area contributed by atoms with Gasteiger partial charge in [0.05, 0.1) is 5.56 Å². The van der Waals surface area contributed by atoms with Crippen molar-refractivity contribution in [1.82, 2.24) is 0 Å². The van der Waals surface area contributed by atoms with Crippen LogP contribution in [0.25, 0.3) is 0 Å². The molecular formula is C13H9ClINO2. The van der Waals surface area contributed by atoms with Crippen LogP contribution in [0, 0.1) is 3.57 Å². The van der Waals surface area contributed by atoms with Crippen molar-refractivity contribution in [2.75, 3.05) is 5.32 Å². The molecule has 18 heavy (non-hydrogen) atoms. The average Bonchev–Trinajstić information content (AvgIpc) is 2.32. The van der Waals surface area contributed by atoms with Crippen molar-refractivity contribution >= 4 is 45.8 Å². The lowest BCUT2D eigenvalue weighted by atomic mass is 10.2. The van der Waals surface area contributed by atoms with Gasteiger partial charge in [-0.15, -0.1) is 0 Å². The molecule has 0 aliphatic heterocycles. The number of carbonyl (C=O) groups is 1.